The third-order valence-corrected chi connectivity index (χ3v) is 2.41. The minimum absolute atomic E-state index is 0.164. The number of hydrogen-bond donors (Lipinski definition) is 1. The first-order valence-corrected chi connectivity index (χ1v) is 5.71. The van der Waals surface area contributed by atoms with Gasteiger partial charge in [0.05, 0.1) is 13.7 Å². The van der Waals surface area contributed by atoms with E-state index in [1.54, 1.807) is 19.2 Å². The lowest BCUT2D eigenvalue weighted by molar-refractivity contribution is 0.117. The number of aromatic hydroxyl groups is 1. The zero-order chi connectivity index (χ0) is 11.8. The van der Waals surface area contributed by atoms with E-state index in [4.69, 9.17) is 9.47 Å². The van der Waals surface area contributed by atoms with E-state index in [0.29, 0.717) is 12.4 Å². The Kier molecular flexibility index (Phi) is 5.72. The normalized spacial score (nSPS) is 10.4. The molecule has 0 bridgehead atoms. The number of rotatable bonds is 7. The van der Waals surface area contributed by atoms with Crippen molar-refractivity contribution >= 4 is 0 Å². The maximum atomic E-state index is 9.41. The van der Waals surface area contributed by atoms with Gasteiger partial charge < -0.3 is 14.6 Å². The van der Waals surface area contributed by atoms with Gasteiger partial charge in [0.2, 0.25) is 0 Å². The van der Waals surface area contributed by atoms with Crippen molar-refractivity contribution < 1.29 is 14.6 Å². The first-order valence-electron chi connectivity index (χ1n) is 5.71. The lowest BCUT2D eigenvalue weighted by atomic mass is 10.2. The molecule has 90 valence electrons. The van der Waals surface area contributed by atoms with Crippen molar-refractivity contribution in [1.82, 2.24) is 0 Å². The molecule has 0 aromatic heterocycles. The van der Waals surface area contributed by atoms with E-state index >= 15 is 0 Å². The fraction of sp³-hybridized carbons (Fsp3) is 0.538. The van der Waals surface area contributed by atoms with Gasteiger partial charge in [-0.3, -0.25) is 0 Å². The van der Waals surface area contributed by atoms with Gasteiger partial charge in [-0.15, -0.1) is 0 Å². The van der Waals surface area contributed by atoms with Crippen LogP contribution in [0.25, 0.3) is 0 Å². The highest BCUT2D eigenvalue weighted by Crippen LogP contribution is 2.26. The monoisotopic (exact) mass is 224 g/mol. The number of unbranched alkanes of at least 4 members (excludes halogenated alkanes) is 2. The molecule has 0 atom stereocenters. The Morgan fingerprint density at radius 1 is 1.25 bits per heavy atom. The van der Waals surface area contributed by atoms with Crippen molar-refractivity contribution in [1.29, 1.82) is 0 Å². The van der Waals surface area contributed by atoms with Crippen molar-refractivity contribution in [3.05, 3.63) is 23.8 Å². The standard InChI is InChI=1S/C13H20O3/c1-3-4-5-8-16-10-11-6-7-12(14)13(9-11)15-2/h6-7,9,14H,3-5,8,10H2,1-2H3. The molecular formula is C13H20O3. The second-order valence-corrected chi connectivity index (χ2v) is 3.77. The van der Waals surface area contributed by atoms with Crippen molar-refractivity contribution in [3.8, 4) is 11.5 Å². The minimum atomic E-state index is 0.164. The summed E-state index contributed by atoms with van der Waals surface area (Å²) >= 11 is 0. The van der Waals surface area contributed by atoms with Crippen LogP contribution in [0.3, 0.4) is 0 Å². The molecule has 0 unspecified atom stereocenters. The number of ether oxygens (including phenoxy) is 2. The van der Waals surface area contributed by atoms with Crippen LogP contribution >= 0.6 is 0 Å². The lowest BCUT2D eigenvalue weighted by Gasteiger charge is -2.07. The molecule has 0 saturated carbocycles. The predicted octanol–water partition coefficient (Wildman–Crippen LogP) is 3.11. The molecule has 1 aromatic rings. The average molecular weight is 224 g/mol. The van der Waals surface area contributed by atoms with Crippen molar-refractivity contribution in [2.75, 3.05) is 13.7 Å². The van der Waals surface area contributed by atoms with E-state index < -0.39 is 0 Å². The summed E-state index contributed by atoms with van der Waals surface area (Å²) in [5, 5.41) is 9.41. The summed E-state index contributed by atoms with van der Waals surface area (Å²) in [6, 6.07) is 5.27. The Morgan fingerprint density at radius 2 is 2.06 bits per heavy atom. The zero-order valence-corrected chi connectivity index (χ0v) is 10.0. The highest BCUT2D eigenvalue weighted by Gasteiger charge is 2.02. The van der Waals surface area contributed by atoms with Crippen LogP contribution in [0, 0.1) is 0 Å². The molecule has 1 aromatic carbocycles. The smallest absolute Gasteiger partial charge is 0.160 e. The van der Waals surface area contributed by atoms with Crippen LogP contribution in [-0.4, -0.2) is 18.8 Å². The molecule has 1 N–H and O–H groups in total. The zero-order valence-electron chi connectivity index (χ0n) is 10.0. The third kappa shape index (κ3) is 4.11. The van der Waals surface area contributed by atoms with Crippen LogP contribution in [0.15, 0.2) is 18.2 Å². The second-order valence-electron chi connectivity index (χ2n) is 3.77. The predicted molar refractivity (Wildman–Crippen MR) is 63.8 cm³/mol. The van der Waals surface area contributed by atoms with Crippen LogP contribution in [0.5, 0.6) is 11.5 Å². The van der Waals surface area contributed by atoms with E-state index in [1.165, 1.54) is 12.8 Å². The quantitative estimate of drug-likeness (QED) is 0.723. The molecule has 0 saturated heterocycles. The van der Waals surface area contributed by atoms with Gasteiger partial charge in [-0.2, -0.15) is 0 Å². The molecule has 0 aliphatic carbocycles. The van der Waals surface area contributed by atoms with E-state index in [9.17, 15) is 5.11 Å². The Hall–Kier alpha value is -1.22. The van der Waals surface area contributed by atoms with Crippen LogP contribution in [0.4, 0.5) is 0 Å². The fourth-order valence-electron chi connectivity index (χ4n) is 1.46. The van der Waals surface area contributed by atoms with Gasteiger partial charge in [0.1, 0.15) is 0 Å². The molecule has 0 heterocycles. The fourth-order valence-corrected chi connectivity index (χ4v) is 1.46. The van der Waals surface area contributed by atoms with E-state index in [0.717, 1.165) is 18.6 Å². The molecule has 0 spiro atoms. The van der Waals surface area contributed by atoms with E-state index in [1.807, 2.05) is 6.07 Å². The summed E-state index contributed by atoms with van der Waals surface area (Å²) in [5.41, 5.74) is 1.02. The maximum absolute atomic E-state index is 9.41. The van der Waals surface area contributed by atoms with Gasteiger partial charge in [0.25, 0.3) is 0 Å². The molecule has 0 fully saturated rings. The van der Waals surface area contributed by atoms with E-state index in [2.05, 4.69) is 6.92 Å². The summed E-state index contributed by atoms with van der Waals surface area (Å²) in [5.74, 6) is 0.659. The van der Waals surface area contributed by atoms with E-state index in [-0.39, 0.29) is 5.75 Å². The van der Waals surface area contributed by atoms with Gasteiger partial charge in [-0.1, -0.05) is 25.8 Å². The van der Waals surface area contributed by atoms with Gasteiger partial charge in [-0.25, -0.2) is 0 Å². The summed E-state index contributed by atoms with van der Waals surface area (Å²) in [6.07, 6.45) is 3.51. The van der Waals surface area contributed by atoms with Crippen molar-refractivity contribution in [2.24, 2.45) is 0 Å². The summed E-state index contributed by atoms with van der Waals surface area (Å²) < 4.78 is 10.5. The minimum Gasteiger partial charge on any atom is -0.504 e. The second kappa shape index (κ2) is 7.12. The molecule has 3 heteroatoms. The Labute approximate surface area is 97.0 Å². The van der Waals surface area contributed by atoms with Crippen molar-refractivity contribution in [3.63, 3.8) is 0 Å². The summed E-state index contributed by atoms with van der Waals surface area (Å²) in [4.78, 5) is 0. The lowest BCUT2D eigenvalue weighted by Crippen LogP contribution is -1.96. The number of phenols is 1. The highest BCUT2D eigenvalue weighted by molar-refractivity contribution is 5.41. The molecule has 0 aliphatic heterocycles. The van der Waals surface area contributed by atoms with Crippen LogP contribution in [0.1, 0.15) is 31.7 Å². The van der Waals surface area contributed by atoms with Gasteiger partial charge in [0.15, 0.2) is 11.5 Å². The maximum Gasteiger partial charge on any atom is 0.160 e. The molecule has 0 radical (unpaired) electrons. The number of phenolic OH excluding ortho intramolecular Hbond substituents is 1. The number of methoxy groups -OCH3 is 1. The topological polar surface area (TPSA) is 38.7 Å². The summed E-state index contributed by atoms with van der Waals surface area (Å²) in [7, 11) is 1.54. The van der Waals surface area contributed by atoms with Gasteiger partial charge >= 0.3 is 0 Å². The SMILES string of the molecule is CCCCCOCc1ccc(O)c(OC)c1. The summed E-state index contributed by atoms with van der Waals surface area (Å²) in [6.45, 7) is 3.53. The number of benzene rings is 1. The van der Waals surface area contributed by atoms with Gasteiger partial charge in [0, 0.05) is 6.61 Å². The van der Waals surface area contributed by atoms with Crippen LogP contribution < -0.4 is 4.74 Å². The first kappa shape index (κ1) is 12.8. The average Bonchev–Trinajstić information content (AvgIpc) is 2.31. The molecule has 0 aliphatic rings. The largest absolute Gasteiger partial charge is 0.504 e. The molecule has 3 nitrogen and oxygen atoms in total. The van der Waals surface area contributed by atoms with Crippen molar-refractivity contribution in [2.45, 2.75) is 32.8 Å². The Balaban J connectivity index is 2.36. The first-order chi connectivity index (χ1) is 7.77. The molecule has 16 heavy (non-hydrogen) atoms. The Bertz CT molecular complexity index is 310. The molecule has 1 rings (SSSR count). The highest BCUT2D eigenvalue weighted by atomic mass is 16.5. The number of hydrogen-bond acceptors (Lipinski definition) is 3. The van der Waals surface area contributed by atoms with Crippen LogP contribution in [-0.2, 0) is 11.3 Å². The third-order valence-electron chi connectivity index (χ3n) is 2.41. The van der Waals surface area contributed by atoms with Crippen LogP contribution in [0.2, 0.25) is 0 Å². The Morgan fingerprint density at radius 3 is 2.75 bits per heavy atom. The van der Waals surface area contributed by atoms with Gasteiger partial charge in [-0.05, 0) is 24.1 Å². The molecule has 0 amide bonds. The molecular weight excluding hydrogens is 204 g/mol.